The van der Waals surface area contributed by atoms with Crippen LogP contribution in [0.1, 0.15) is 17.5 Å². The lowest BCUT2D eigenvalue weighted by Crippen LogP contribution is -2.28. The highest BCUT2D eigenvalue weighted by Gasteiger charge is 2.01. The highest BCUT2D eigenvalue weighted by Crippen LogP contribution is 1.99. The van der Waals surface area contributed by atoms with Gasteiger partial charge in [-0.3, -0.25) is 9.78 Å². The molecule has 21 heavy (non-hydrogen) atoms. The number of pyridine rings is 1. The highest BCUT2D eigenvalue weighted by molar-refractivity contribution is 5.78. The third-order valence-corrected chi connectivity index (χ3v) is 3.11. The molecule has 0 aliphatic rings. The summed E-state index contributed by atoms with van der Waals surface area (Å²) in [5.74, 6) is 0.0773. The largest absolute Gasteiger partial charge is 0.356 e. The molecule has 110 valence electrons. The molecule has 2 rings (SSSR count). The number of carbonyl (C=O) groups is 1. The Kier molecular flexibility index (Phi) is 6.42. The van der Waals surface area contributed by atoms with Gasteiger partial charge in [0.1, 0.15) is 0 Å². The van der Waals surface area contributed by atoms with Crippen molar-refractivity contribution >= 4 is 5.91 Å². The van der Waals surface area contributed by atoms with Crippen LogP contribution in [-0.4, -0.2) is 24.0 Å². The molecule has 4 nitrogen and oxygen atoms in total. The van der Waals surface area contributed by atoms with Crippen LogP contribution in [0.3, 0.4) is 0 Å². The second-order valence-electron chi connectivity index (χ2n) is 4.90. The number of benzene rings is 1. The molecule has 1 aromatic carbocycles. The van der Waals surface area contributed by atoms with E-state index < -0.39 is 0 Å². The molecule has 1 aromatic heterocycles. The summed E-state index contributed by atoms with van der Waals surface area (Å²) in [6.45, 7) is 2.39. The number of carbonyl (C=O) groups excluding carboxylic acids is 1. The molecule has 0 fully saturated rings. The minimum Gasteiger partial charge on any atom is -0.356 e. The summed E-state index contributed by atoms with van der Waals surface area (Å²) in [4.78, 5) is 15.8. The van der Waals surface area contributed by atoms with Crippen LogP contribution in [0, 0.1) is 0 Å². The maximum Gasteiger partial charge on any atom is 0.224 e. The van der Waals surface area contributed by atoms with Crippen molar-refractivity contribution < 1.29 is 4.79 Å². The minimum absolute atomic E-state index is 0.0773. The van der Waals surface area contributed by atoms with Crippen LogP contribution in [-0.2, 0) is 17.8 Å². The summed E-state index contributed by atoms with van der Waals surface area (Å²) in [5, 5.41) is 6.27. The van der Waals surface area contributed by atoms with E-state index in [9.17, 15) is 4.79 Å². The van der Waals surface area contributed by atoms with Crippen LogP contribution in [0.15, 0.2) is 54.9 Å². The number of amides is 1. The van der Waals surface area contributed by atoms with Crippen LogP contribution in [0.2, 0.25) is 0 Å². The summed E-state index contributed by atoms with van der Waals surface area (Å²) in [6.07, 6.45) is 4.99. The van der Waals surface area contributed by atoms with E-state index in [0.29, 0.717) is 13.0 Å². The molecule has 0 saturated heterocycles. The molecule has 0 aliphatic heterocycles. The van der Waals surface area contributed by atoms with Crippen LogP contribution in [0.4, 0.5) is 0 Å². The van der Waals surface area contributed by atoms with Gasteiger partial charge in [0.2, 0.25) is 5.91 Å². The number of aromatic nitrogens is 1. The first-order valence-electron chi connectivity index (χ1n) is 7.25. The van der Waals surface area contributed by atoms with Crippen molar-refractivity contribution in [3.05, 3.63) is 66.0 Å². The van der Waals surface area contributed by atoms with Crippen molar-refractivity contribution in [3.63, 3.8) is 0 Å². The molecule has 0 atom stereocenters. The van der Waals surface area contributed by atoms with Crippen LogP contribution < -0.4 is 10.6 Å². The summed E-state index contributed by atoms with van der Waals surface area (Å²) in [5.41, 5.74) is 2.22. The Morgan fingerprint density at radius 3 is 2.57 bits per heavy atom. The predicted molar refractivity (Wildman–Crippen MR) is 83.7 cm³/mol. The van der Waals surface area contributed by atoms with Crippen molar-refractivity contribution in [1.29, 1.82) is 0 Å². The molecule has 0 aliphatic carbocycles. The van der Waals surface area contributed by atoms with E-state index in [0.717, 1.165) is 25.1 Å². The summed E-state index contributed by atoms with van der Waals surface area (Å²) >= 11 is 0. The Morgan fingerprint density at radius 1 is 1.00 bits per heavy atom. The van der Waals surface area contributed by atoms with Crippen molar-refractivity contribution in [2.24, 2.45) is 0 Å². The van der Waals surface area contributed by atoms with Crippen molar-refractivity contribution in [1.82, 2.24) is 15.6 Å². The van der Waals surface area contributed by atoms with Gasteiger partial charge in [-0.2, -0.15) is 0 Å². The Hall–Kier alpha value is -2.20. The summed E-state index contributed by atoms with van der Waals surface area (Å²) in [6, 6.07) is 13.8. The summed E-state index contributed by atoms with van der Waals surface area (Å²) in [7, 11) is 0. The van der Waals surface area contributed by atoms with Crippen LogP contribution in [0.5, 0.6) is 0 Å². The molecular formula is C17H21N3O. The summed E-state index contributed by atoms with van der Waals surface area (Å²) < 4.78 is 0. The van der Waals surface area contributed by atoms with E-state index >= 15 is 0 Å². The zero-order valence-electron chi connectivity index (χ0n) is 12.1. The van der Waals surface area contributed by atoms with E-state index in [1.54, 1.807) is 6.20 Å². The van der Waals surface area contributed by atoms with Gasteiger partial charge in [-0.25, -0.2) is 0 Å². The topological polar surface area (TPSA) is 54.0 Å². The molecule has 2 aromatic rings. The van der Waals surface area contributed by atoms with E-state index in [2.05, 4.69) is 15.6 Å². The van der Waals surface area contributed by atoms with Crippen LogP contribution >= 0.6 is 0 Å². The Bertz CT molecular complexity index is 528. The fourth-order valence-corrected chi connectivity index (χ4v) is 2.02. The maximum absolute atomic E-state index is 11.7. The Morgan fingerprint density at radius 2 is 1.81 bits per heavy atom. The molecule has 1 heterocycles. The second kappa shape index (κ2) is 8.87. The first-order valence-corrected chi connectivity index (χ1v) is 7.25. The minimum atomic E-state index is 0.0773. The molecule has 0 bridgehead atoms. The molecule has 0 spiro atoms. The van der Waals surface area contributed by atoms with Crippen LogP contribution in [0.25, 0.3) is 0 Å². The average Bonchev–Trinajstić information content (AvgIpc) is 2.53. The highest BCUT2D eigenvalue weighted by atomic mass is 16.1. The molecule has 0 unspecified atom stereocenters. The van der Waals surface area contributed by atoms with Gasteiger partial charge in [0.15, 0.2) is 0 Å². The molecule has 0 radical (unpaired) electrons. The van der Waals surface area contributed by atoms with Crippen molar-refractivity contribution in [2.75, 3.05) is 13.1 Å². The quantitative estimate of drug-likeness (QED) is 0.728. The first-order chi connectivity index (χ1) is 10.3. The zero-order chi connectivity index (χ0) is 14.8. The SMILES string of the molecule is O=C(Cc1ccccc1)NCCCNCc1cccnc1. The normalized spacial score (nSPS) is 10.3. The molecule has 0 saturated carbocycles. The van der Waals surface area contributed by atoms with E-state index in [-0.39, 0.29) is 5.91 Å². The van der Waals surface area contributed by atoms with E-state index in [1.807, 2.05) is 48.7 Å². The molecular weight excluding hydrogens is 262 g/mol. The first kappa shape index (κ1) is 15.2. The maximum atomic E-state index is 11.7. The number of hydrogen-bond acceptors (Lipinski definition) is 3. The molecule has 1 amide bonds. The third-order valence-electron chi connectivity index (χ3n) is 3.11. The lowest BCUT2D eigenvalue weighted by molar-refractivity contribution is -0.120. The smallest absolute Gasteiger partial charge is 0.224 e. The average molecular weight is 283 g/mol. The van der Waals surface area contributed by atoms with Crippen molar-refractivity contribution in [3.8, 4) is 0 Å². The molecule has 4 heteroatoms. The predicted octanol–water partition coefficient (Wildman–Crippen LogP) is 1.92. The lowest BCUT2D eigenvalue weighted by Gasteiger charge is -2.07. The third kappa shape index (κ3) is 6.19. The Balaban J connectivity index is 1.52. The van der Waals surface area contributed by atoms with Gasteiger partial charge in [0.05, 0.1) is 6.42 Å². The molecule has 2 N–H and O–H groups in total. The number of hydrogen-bond donors (Lipinski definition) is 2. The monoisotopic (exact) mass is 283 g/mol. The number of nitrogens with zero attached hydrogens (tertiary/aromatic N) is 1. The Labute approximate surface area is 125 Å². The second-order valence-corrected chi connectivity index (χ2v) is 4.90. The fourth-order valence-electron chi connectivity index (χ4n) is 2.02. The van der Waals surface area contributed by atoms with Crippen molar-refractivity contribution in [2.45, 2.75) is 19.4 Å². The fraction of sp³-hybridized carbons (Fsp3) is 0.294. The van der Waals surface area contributed by atoms with E-state index in [1.165, 1.54) is 5.56 Å². The van der Waals surface area contributed by atoms with Gasteiger partial charge in [-0.05, 0) is 30.2 Å². The van der Waals surface area contributed by atoms with Gasteiger partial charge < -0.3 is 10.6 Å². The number of rotatable bonds is 8. The lowest BCUT2D eigenvalue weighted by atomic mass is 10.1. The number of nitrogens with one attached hydrogen (secondary N) is 2. The van der Waals surface area contributed by atoms with Gasteiger partial charge in [-0.1, -0.05) is 36.4 Å². The van der Waals surface area contributed by atoms with Gasteiger partial charge in [0, 0.05) is 25.5 Å². The van der Waals surface area contributed by atoms with Gasteiger partial charge in [0.25, 0.3) is 0 Å². The van der Waals surface area contributed by atoms with E-state index in [4.69, 9.17) is 0 Å². The zero-order valence-corrected chi connectivity index (χ0v) is 12.1. The van der Waals surface area contributed by atoms with Gasteiger partial charge in [-0.15, -0.1) is 0 Å². The van der Waals surface area contributed by atoms with Gasteiger partial charge >= 0.3 is 0 Å². The standard InChI is InChI=1S/C17H21N3O/c21-17(12-15-6-2-1-3-7-15)20-11-5-10-19-14-16-8-4-9-18-13-16/h1-4,6-9,13,19H,5,10-12,14H2,(H,20,21).